The first kappa shape index (κ1) is 29.3. The molecule has 0 spiro atoms. The molecule has 0 aromatic carbocycles. The first-order chi connectivity index (χ1) is 16.1. The summed E-state index contributed by atoms with van der Waals surface area (Å²) in [6.07, 6.45) is 3.00. The van der Waals surface area contributed by atoms with Crippen molar-refractivity contribution in [1.82, 2.24) is 15.5 Å². The highest BCUT2D eigenvalue weighted by molar-refractivity contribution is 5.95. The van der Waals surface area contributed by atoms with E-state index in [0.29, 0.717) is 51.6 Å². The molecule has 194 valence electrons. The van der Waals surface area contributed by atoms with Crippen molar-refractivity contribution >= 4 is 29.7 Å². The lowest BCUT2D eigenvalue weighted by atomic mass is 10.0. The molecule has 4 atom stereocenters. The van der Waals surface area contributed by atoms with Crippen LogP contribution in [0.3, 0.4) is 0 Å². The minimum atomic E-state index is -1.47. The zero-order valence-electron chi connectivity index (χ0n) is 19.4. The van der Waals surface area contributed by atoms with Gasteiger partial charge < -0.3 is 42.9 Å². The first-order valence-corrected chi connectivity index (χ1v) is 11.6. The van der Waals surface area contributed by atoms with E-state index in [1.54, 1.807) is 0 Å². The maximum Gasteiger partial charge on any atom is 0.326 e. The van der Waals surface area contributed by atoms with Crippen molar-refractivity contribution in [2.45, 2.75) is 82.0 Å². The Morgan fingerprint density at radius 1 is 0.882 bits per heavy atom. The number of carboxylic acids is 2. The summed E-state index contributed by atoms with van der Waals surface area (Å²) in [5, 5.41) is 23.6. The van der Waals surface area contributed by atoms with Crippen LogP contribution in [0.4, 0.5) is 0 Å². The lowest BCUT2D eigenvalue weighted by Gasteiger charge is -2.28. The average Bonchev–Trinajstić information content (AvgIpc) is 3.27. The van der Waals surface area contributed by atoms with Crippen LogP contribution in [0.1, 0.15) is 57.8 Å². The number of hydrogen-bond donors (Lipinski definition) is 7. The number of nitrogens with zero attached hydrogens (tertiary/aromatic N) is 1. The summed E-state index contributed by atoms with van der Waals surface area (Å²) in [4.78, 5) is 62.3. The lowest BCUT2D eigenvalue weighted by Crippen LogP contribution is -2.57. The number of carbonyl (C=O) groups is 5. The van der Waals surface area contributed by atoms with E-state index in [0.717, 1.165) is 4.90 Å². The van der Waals surface area contributed by atoms with Crippen LogP contribution in [0.15, 0.2) is 0 Å². The van der Waals surface area contributed by atoms with Crippen molar-refractivity contribution in [3.63, 3.8) is 0 Å². The number of amides is 3. The predicted octanol–water partition coefficient (Wildman–Crippen LogP) is -1.91. The Labute approximate surface area is 198 Å². The third-order valence-corrected chi connectivity index (χ3v) is 5.70. The van der Waals surface area contributed by atoms with Crippen molar-refractivity contribution in [1.29, 1.82) is 0 Å². The van der Waals surface area contributed by atoms with Crippen molar-refractivity contribution in [2.24, 2.45) is 17.2 Å². The number of hydrogen-bond acceptors (Lipinski definition) is 8. The summed E-state index contributed by atoms with van der Waals surface area (Å²) in [5.74, 6) is -4.61. The van der Waals surface area contributed by atoms with E-state index in [9.17, 15) is 34.2 Å². The maximum atomic E-state index is 13.0. The maximum absolute atomic E-state index is 13.0. The van der Waals surface area contributed by atoms with Gasteiger partial charge in [-0.25, -0.2) is 4.79 Å². The Morgan fingerprint density at radius 2 is 1.47 bits per heavy atom. The third-order valence-electron chi connectivity index (χ3n) is 5.70. The van der Waals surface area contributed by atoms with Gasteiger partial charge in [0.1, 0.15) is 18.1 Å². The van der Waals surface area contributed by atoms with Crippen LogP contribution in [0.2, 0.25) is 0 Å². The summed E-state index contributed by atoms with van der Waals surface area (Å²) < 4.78 is 0. The zero-order valence-corrected chi connectivity index (χ0v) is 19.4. The van der Waals surface area contributed by atoms with Crippen molar-refractivity contribution in [2.75, 3.05) is 19.6 Å². The number of aliphatic carboxylic acids is 2. The van der Waals surface area contributed by atoms with E-state index in [4.69, 9.17) is 17.2 Å². The molecule has 0 radical (unpaired) electrons. The molecule has 1 saturated heterocycles. The first-order valence-electron chi connectivity index (χ1n) is 11.6. The topological polar surface area (TPSA) is 231 Å². The highest BCUT2D eigenvalue weighted by Gasteiger charge is 2.39. The molecule has 34 heavy (non-hydrogen) atoms. The second-order valence-electron chi connectivity index (χ2n) is 8.42. The van der Waals surface area contributed by atoms with Crippen LogP contribution < -0.4 is 27.8 Å². The summed E-state index contributed by atoms with van der Waals surface area (Å²) >= 11 is 0. The van der Waals surface area contributed by atoms with E-state index in [1.807, 2.05) is 0 Å². The number of rotatable bonds is 16. The van der Waals surface area contributed by atoms with Gasteiger partial charge in [-0.3, -0.25) is 19.2 Å². The molecule has 1 aliphatic rings. The smallest absolute Gasteiger partial charge is 0.326 e. The quantitative estimate of drug-likeness (QED) is 0.120. The lowest BCUT2D eigenvalue weighted by molar-refractivity contribution is -0.150. The molecule has 0 aliphatic carbocycles. The van der Waals surface area contributed by atoms with Crippen molar-refractivity contribution < 1.29 is 34.2 Å². The molecule has 0 saturated carbocycles. The molecule has 4 unspecified atom stereocenters. The minimum absolute atomic E-state index is 0.149. The Hall–Kier alpha value is -2.77. The number of nitrogens with two attached hydrogens (primary N) is 3. The molecule has 13 heteroatoms. The van der Waals surface area contributed by atoms with Gasteiger partial charge in [0, 0.05) is 6.54 Å². The van der Waals surface area contributed by atoms with Crippen LogP contribution in [0.5, 0.6) is 0 Å². The minimum Gasteiger partial charge on any atom is -0.481 e. The molecule has 10 N–H and O–H groups in total. The Kier molecular flexibility index (Phi) is 13.1. The average molecular weight is 487 g/mol. The highest BCUT2D eigenvalue weighted by atomic mass is 16.4. The number of likely N-dealkylation sites (tertiary alicyclic amines) is 1. The van der Waals surface area contributed by atoms with Crippen LogP contribution >= 0.6 is 0 Å². The monoisotopic (exact) mass is 486 g/mol. The van der Waals surface area contributed by atoms with Crippen molar-refractivity contribution in [3.8, 4) is 0 Å². The largest absolute Gasteiger partial charge is 0.481 e. The number of carboxylic acid groups (broad SMARTS) is 2. The SMILES string of the molecule is NCCCCC(N)C(=O)NC(CCCCN)C(=O)NC(CC(=O)O)C(=O)N1CCCC1C(=O)O. The molecule has 1 heterocycles. The summed E-state index contributed by atoms with van der Waals surface area (Å²) in [7, 11) is 0. The Bertz CT molecular complexity index is 720. The summed E-state index contributed by atoms with van der Waals surface area (Å²) in [6.45, 7) is 1.000. The molecule has 1 fully saturated rings. The Morgan fingerprint density at radius 3 is 2.03 bits per heavy atom. The van der Waals surface area contributed by atoms with Gasteiger partial charge in [-0.05, 0) is 58.0 Å². The van der Waals surface area contributed by atoms with Gasteiger partial charge in [-0.1, -0.05) is 6.42 Å². The zero-order chi connectivity index (χ0) is 25.7. The van der Waals surface area contributed by atoms with Gasteiger partial charge in [0.05, 0.1) is 12.5 Å². The molecule has 1 aliphatic heterocycles. The van der Waals surface area contributed by atoms with Crippen LogP contribution in [0, 0.1) is 0 Å². The van der Waals surface area contributed by atoms with Gasteiger partial charge >= 0.3 is 11.9 Å². The Balaban J connectivity index is 2.94. The van der Waals surface area contributed by atoms with Gasteiger partial charge in [-0.15, -0.1) is 0 Å². The van der Waals surface area contributed by atoms with Crippen LogP contribution in [-0.4, -0.2) is 88.6 Å². The van der Waals surface area contributed by atoms with Crippen LogP contribution in [-0.2, 0) is 24.0 Å². The number of nitrogens with one attached hydrogen (secondary N) is 2. The van der Waals surface area contributed by atoms with E-state index in [1.165, 1.54) is 0 Å². The summed E-state index contributed by atoms with van der Waals surface area (Å²) in [5.41, 5.74) is 16.9. The molecule has 0 aromatic heterocycles. The second-order valence-corrected chi connectivity index (χ2v) is 8.42. The second kappa shape index (κ2) is 15.2. The molecular weight excluding hydrogens is 448 g/mol. The van der Waals surface area contributed by atoms with E-state index < -0.39 is 60.2 Å². The van der Waals surface area contributed by atoms with Crippen molar-refractivity contribution in [3.05, 3.63) is 0 Å². The number of carbonyl (C=O) groups excluding carboxylic acids is 3. The van der Waals surface area contributed by atoms with Gasteiger partial charge in [0.25, 0.3) is 0 Å². The molecule has 13 nitrogen and oxygen atoms in total. The molecule has 1 rings (SSSR count). The fraction of sp³-hybridized carbons (Fsp3) is 0.762. The fourth-order valence-corrected chi connectivity index (χ4v) is 3.81. The normalized spacial score (nSPS) is 18.1. The van der Waals surface area contributed by atoms with Gasteiger partial charge in [0.2, 0.25) is 17.7 Å². The third kappa shape index (κ3) is 9.61. The fourth-order valence-electron chi connectivity index (χ4n) is 3.81. The van der Waals surface area contributed by atoms with Gasteiger partial charge in [-0.2, -0.15) is 0 Å². The highest BCUT2D eigenvalue weighted by Crippen LogP contribution is 2.19. The molecular formula is C21H38N6O7. The predicted molar refractivity (Wildman–Crippen MR) is 122 cm³/mol. The van der Waals surface area contributed by atoms with E-state index in [2.05, 4.69) is 10.6 Å². The van der Waals surface area contributed by atoms with E-state index in [-0.39, 0.29) is 19.4 Å². The van der Waals surface area contributed by atoms with E-state index >= 15 is 0 Å². The van der Waals surface area contributed by atoms with Crippen LogP contribution in [0.25, 0.3) is 0 Å². The number of unbranched alkanes of at least 4 members (excludes halogenated alkanes) is 2. The molecule has 0 aromatic rings. The standard InChI is InChI=1S/C21H38N6O7/c22-9-3-1-6-13(24)18(30)25-14(7-2-4-10-23)19(31)26-15(12-17(28)29)20(32)27-11-5-8-16(27)21(33)34/h13-16H,1-12,22-24H2,(H,25,30)(H,26,31)(H,28,29)(H,33,34). The summed E-state index contributed by atoms with van der Waals surface area (Å²) in [6, 6.07) is -4.46. The van der Waals surface area contributed by atoms with Gasteiger partial charge in [0.15, 0.2) is 0 Å². The molecule has 0 bridgehead atoms. The molecule has 3 amide bonds.